The van der Waals surface area contributed by atoms with Gasteiger partial charge in [-0.05, 0) is 20.8 Å². The number of rotatable bonds is 6. The van der Waals surface area contributed by atoms with Crippen LogP contribution in [0.15, 0.2) is 0 Å². The number of hydrogen-bond donors (Lipinski definition) is 3. The Balaban J connectivity index is 2.10. The van der Waals surface area contributed by atoms with Gasteiger partial charge in [0.25, 0.3) is 0 Å². The summed E-state index contributed by atoms with van der Waals surface area (Å²) in [4.78, 5) is 1.72. The average molecular weight is 187 g/mol. The third-order valence-corrected chi connectivity index (χ3v) is 2.89. The van der Waals surface area contributed by atoms with Crippen LogP contribution in [0.2, 0.25) is 0 Å². The molecule has 0 aromatic rings. The van der Waals surface area contributed by atoms with Gasteiger partial charge >= 0.3 is 0 Å². The second-order valence-electron chi connectivity index (χ2n) is 4.80. The number of aliphatic hydroxyl groups is 1. The van der Waals surface area contributed by atoms with Crippen LogP contribution >= 0.6 is 0 Å². The number of quaternary nitrogens is 1. The second-order valence-corrected chi connectivity index (χ2v) is 4.80. The van der Waals surface area contributed by atoms with Crippen LogP contribution in [0.25, 0.3) is 0 Å². The zero-order valence-electron chi connectivity index (χ0n) is 9.06. The van der Waals surface area contributed by atoms with Crippen molar-refractivity contribution >= 4 is 0 Å². The molecule has 13 heavy (non-hydrogen) atoms. The Bertz CT molecular complexity index is 159. The highest BCUT2D eigenvalue weighted by Crippen LogP contribution is 2.06. The fraction of sp³-hybridized carbons (Fsp3) is 1.00. The molecule has 1 aliphatic rings. The summed E-state index contributed by atoms with van der Waals surface area (Å²) < 4.78 is 0. The Morgan fingerprint density at radius 3 is 2.62 bits per heavy atom. The van der Waals surface area contributed by atoms with E-state index < -0.39 is 0 Å². The maximum atomic E-state index is 8.69. The molecule has 0 aromatic carbocycles. The molecule has 0 spiro atoms. The molecule has 0 aliphatic carbocycles. The lowest BCUT2D eigenvalue weighted by atomic mass is 10.0. The normalized spacial score (nSPS) is 27.7. The van der Waals surface area contributed by atoms with Gasteiger partial charge in [0, 0.05) is 18.5 Å². The van der Waals surface area contributed by atoms with Crippen LogP contribution in [0.3, 0.4) is 0 Å². The van der Waals surface area contributed by atoms with Crippen molar-refractivity contribution in [3.05, 3.63) is 0 Å². The average Bonchev–Trinajstić information content (AvgIpc) is 2.76. The zero-order chi connectivity index (χ0) is 9.90. The first-order chi connectivity index (χ1) is 6.05. The van der Waals surface area contributed by atoms with Gasteiger partial charge in [-0.25, -0.2) is 0 Å². The third kappa shape index (κ3) is 4.07. The Kier molecular flexibility index (Phi) is 3.71. The molecule has 3 heteroatoms. The topological polar surface area (TPSA) is 36.7 Å². The highest BCUT2D eigenvalue weighted by molar-refractivity contribution is 4.77. The molecule has 1 rings (SSSR count). The summed E-state index contributed by atoms with van der Waals surface area (Å²) in [5.74, 6) is 0. The largest absolute Gasteiger partial charge is 0.395 e. The molecule has 0 saturated carbocycles. The molecule has 0 bridgehead atoms. The molecule has 0 aromatic heterocycles. The monoisotopic (exact) mass is 187 g/mol. The predicted octanol–water partition coefficient (Wildman–Crippen LogP) is -0.976. The summed E-state index contributed by atoms with van der Waals surface area (Å²) in [6.45, 7) is 10.2. The fourth-order valence-corrected chi connectivity index (χ4v) is 1.64. The molecule has 2 unspecified atom stereocenters. The van der Waals surface area contributed by atoms with E-state index in [1.54, 1.807) is 4.90 Å². The molecule has 3 nitrogen and oxygen atoms in total. The van der Waals surface area contributed by atoms with E-state index in [1.165, 1.54) is 19.5 Å². The molecule has 1 aliphatic heterocycles. The van der Waals surface area contributed by atoms with Gasteiger partial charge in [-0.1, -0.05) is 0 Å². The minimum Gasteiger partial charge on any atom is -0.395 e. The van der Waals surface area contributed by atoms with Crippen molar-refractivity contribution in [3.8, 4) is 0 Å². The van der Waals surface area contributed by atoms with Crippen LogP contribution in [-0.2, 0) is 0 Å². The van der Waals surface area contributed by atoms with E-state index in [9.17, 15) is 0 Å². The Morgan fingerprint density at radius 2 is 2.15 bits per heavy atom. The minimum absolute atomic E-state index is 0.179. The van der Waals surface area contributed by atoms with Gasteiger partial charge in [0.1, 0.15) is 12.6 Å². The highest BCUT2D eigenvalue weighted by atomic mass is 16.3. The first kappa shape index (κ1) is 11.0. The summed E-state index contributed by atoms with van der Waals surface area (Å²) in [7, 11) is 0. The number of aliphatic hydroxyl groups excluding tert-OH is 1. The van der Waals surface area contributed by atoms with Gasteiger partial charge in [-0.15, -0.1) is 0 Å². The van der Waals surface area contributed by atoms with Crippen LogP contribution in [0.4, 0.5) is 0 Å². The van der Waals surface area contributed by atoms with Crippen molar-refractivity contribution in [2.75, 3.05) is 26.2 Å². The summed E-state index contributed by atoms with van der Waals surface area (Å²) >= 11 is 0. The van der Waals surface area contributed by atoms with Gasteiger partial charge in [0.05, 0.1) is 13.2 Å². The Labute approximate surface area is 81.1 Å². The number of nitrogens with one attached hydrogen (secondary N) is 2. The molecule has 2 atom stereocenters. The van der Waals surface area contributed by atoms with E-state index in [2.05, 4.69) is 26.1 Å². The maximum Gasteiger partial charge on any atom is 0.134 e. The molecule has 1 heterocycles. The first-order valence-corrected chi connectivity index (χ1v) is 5.25. The third-order valence-electron chi connectivity index (χ3n) is 2.89. The van der Waals surface area contributed by atoms with Crippen molar-refractivity contribution in [1.82, 2.24) is 5.32 Å². The zero-order valence-corrected chi connectivity index (χ0v) is 9.06. The first-order valence-electron chi connectivity index (χ1n) is 5.25. The van der Waals surface area contributed by atoms with Crippen LogP contribution in [0.1, 0.15) is 27.2 Å². The lowest BCUT2D eigenvalue weighted by Crippen LogP contribution is -2.94. The van der Waals surface area contributed by atoms with Crippen LogP contribution in [-0.4, -0.2) is 42.9 Å². The predicted molar refractivity (Wildman–Crippen MR) is 53.9 cm³/mol. The number of hydrogen-bond acceptors (Lipinski definition) is 2. The summed E-state index contributed by atoms with van der Waals surface area (Å²) in [6.07, 6.45) is 1.19. The van der Waals surface area contributed by atoms with Crippen molar-refractivity contribution in [3.63, 3.8) is 0 Å². The van der Waals surface area contributed by atoms with Gasteiger partial charge in [-0.3, -0.25) is 0 Å². The van der Waals surface area contributed by atoms with E-state index in [0.29, 0.717) is 6.54 Å². The molecule has 0 radical (unpaired) electrons. The molecule has 0 amide bonds. The van der Waals surface area contributed by atoms with Gasteiger partial charge in [0.2, 0.25) is 0 Å². The van der Waals surface area contributed by atoms with E-state index in [1.807, 2.05) is 0 Å². The van der Waals surface area contributed by atoms with E-state index in [4.69, 9.17) is 5.11 Å². The molecule has 1 saturated heterocycles. The SMILES string of the molecule is CC1C[NH+]1CCC(C)(C)NCCO. The van der Waals surface area contributed by atoms with E-state index in [0.717, 1.165) is 6.04 Å². The minimum atomic E-state index is 0.179. The highest BCUT2D eigenvalue weighted by Gasteiger charge is 2.35. The van der Waals surface area contributed by atoms with Crippen LogP contribution < -0.4 is 10.2 Å². The molecule has 78 valence electrons. The van der Waals surface area contributed by atoms with E-state index >= 15 is 0 Å². The van der Waals surface area contributed by atoms with Crippen LogP contribution in [0.5, 0.6) is 0 Å². The fourth-order valence-electron chi connectivity index (χ4n) is 1.64. The van der Waals surface area contributed by atoms with Crippen molar-refractivity contribution in [1.29, 1.82) is 0 Å². The lowest BCUT2D eigenvalue weighted by molar-refractivity contribution is -0.774. The molecule has 1 fully saturated rings. The second kappa shape index (κ2) is 4.40. The summed E-state index contributed by atoms with van der Waals surface area (Å²) in [5.41, 5.74) is 0.179. The van der Waals surface area contributed by atoms with Gasteiger partial charge < -0.3 is 15.3 Å². The van der Waals surface area contributed by atoms with Gasteiger partial charge in [-0.2, -0.15) is 0 Å². The van der Waals surface area contributed by atoms with Crippen molar-refractivity contribution in [2.24, 2.45) is 0 Å². The summed E-state index contributed by atoms with van der Waals surface area (Å²) in [6, 6.07) is 0.883. The van der Waals surface area contributed by atoms with Gasteiger partial charge in [0.15, 0.2) is 0 Å². The van der Waals surface area contributed by atoms with Crippen LogP contribution in [0, 0.1) is 0 Å². The molecule has 3 N–H and O–H groups in total. The van der Waals surface area contributed by atoms with Crippen molar-refractivity contribution < 1.29 is 10.0 Å². The maximum absolute atomic E-state index is 8.69. The summed E-state index contributed by atoms with van der Waals surface area (Å²) in [5, 5.41) is 12.0. The Morgan fingerprint density at radius 1 is 1.54 bits per heavy atom. The number of β-amino-alcohol motifs (C(OH)–C–C–N with tert-alkyl or cyclic N) is 1. The molecular weight excluding hydrogens is 164 g/mol. The molecular formula is C10H23N2O+. The van der Waals surface area contributed by atoms with Crippen molar-refractivity contribution in [2.45, 2.75) is 38.8 Å². The lowest BCUT2D eigenvalue weighted by Gasteiger charge is -2.25. The smallest absolute Gasteiger partial charge is 0.134 e. The standard InChI is InChI=1S/C10H22N2O/c1-9-8-12(9)6-4-10(2,3)11-5-7-13/h9,11,13H,4-8H2,1-3H3/p+1. The Hall–Kier alpha value is -0.120. The van der Waals surface area contributed by atoms with E-state index in [-0.39, 0.29) is 12.1 Å². The quantitative estimate of drug-likeness (QED) is 0.468.